The first-order valence-corrected chi connectivity index (χ1v) is 11.3. The Balaban J connectivity index is 1.77. The van der Waals surface area contributed by atoms with Gasteiger partial charge in [0, 0.05) is 31.5 Å². The number of thiazole rings is 1. The smallest absolute Gasteiger partial charge is 0.257 e. The summed E-state index contributed by atoms with van der Waals surface area (Å²) in [7, 11) is -3.92. The molecule has 11 heteroatoms. The number of benzene rings is 2. The molecule has 0 aliphatic carbocycles. The fraction of sp³-hybridized carbons (Fsp3) is 0.200. The van der Waals surface area contributed by atoms with Crippen molar-refractivity contribution >= 4 is 42.6 Å². The number of sulfonamides is 1. The van der Waals surface area contributed by atoms with Gasteiger partial charge >= 0.3 is 0 Å². The predicted octanol–water partition coefficient (Wildman–Crippen LogP) is 3.51. The molecule has 0 aliphatic rings. The molecule has 1 heterocycles. The molecule has 2 aromatic carbocycles. The maximum Gasteiger partial charge on any atom is 0.257 e. The Morgan fingerprint density at radius 2 is 1.74 bits per heavy atom. The number of amides is 1. The van der Waals surface area contributed by atoms with Crippen LogP contribution in [0.3, 0.4) is 0 Å². The van der Waals surface area contributed by atoms with Crippen LogP contribution >= 0.6 is 11.3 Å². The van der Waals surface area contributed by atoms with Crippen LogP contribution in [-0.4, -0.2) is 36.7 Å². The number of nitrogens with zero attached hydrogens (tertiary/aromatic N) is 4. The number of rotatable bonds is 8. The van der Waals surface area contributed by atoms with Crippen LogP contribution in [0.15, 0.2) is 47.4 Å². The minimum atomic E-state index is -3.92. The zero-order chi connectivity index (χ0) is 22.4. The lowest BCUT2D eigenvalue weighted by atomic mass is 10.2. The Labute approximate surface area is 182 Å². The van der Waals surface area contributed by atoms with E-state index in [1.54, 1.807) is 12.1 Å². The van der Waals surface area contributed by atoms with Crippen molar-refractivity contribution in [2.75, 3.05) is 18.4 Å². The van der Waals surface area contributed by atoms with E-state index in [4.69, 9.17) is 10.5 Å². The number of hydrogen-bond donors (Lipinski definition) is 1. The molecule has 0 spiro atoms. The maximum atomic E-state index is 13.8. The van der Waals surface area contributed by atoms with E-state index in [0.29, 0.717) is 4.70 Å². The second-order valence-electron chi connectivity index (χ2n) is 6.30. The Bertz CT molecular complexity index is 1270. The molecule has 1 N–H and O–H groups in total. The highest BCUT2D eigenvalue weighted by Crippen LogP contribution is 2.28. The SMILES string of the molecule is N#CCCN(CCC#N)S(=O)(=O)c1ccc(C(=O)Nc2nc3c(F)cccc3s2)cc1. The van der Waals surface area contributed by atoms with E-state index >= 15 is 0 Å². The number of anilines is 1. The number of fused-ring (bicyclic) bond motifs is 1. The maximum absolute atomic E-state index is 13.8. The summed E-state index contributed by atoms with van der Waals surface area (Å²) in [6, 6.07) is 13.6. The number of nitrogens with one attached hydrogen (secondary N) is 1. The fourth-order valence-corrected chi connectivity index (χ4v) is 5.08. The molecule has 1 amide bonds. The van der Waals surface area contributed by atoms with Crippen molar-refractivity contribution in [3.05, 3.63) is 53.8 Å². The third-order valence-electron chi connectivity index (χ3n) is 4.29. The lowest BCUT2D eigenvalue weighted by molar-refractivity contribution is 0.102. The highest BCUT2D eigenvalue weighted by molar-refractivity contribution is 7.89. The highest BCUT2D eigenvalue weighted by atomic mass is 32.2. The number of carbonyl (C=O) groups excluding carboxylic acids is 1. The summed E-state index contributed by atoms with van der Waals surface area (Å²) < 4.78 is 41.1. The largest absolute Gasteiger partial charge is 0.298 e. The molecule has 0 unspecified atom stereocenters. The van der Waals surface area contributed by atoms with Crippen molar-refractivity contribution in [2.45, 2.75) is 17.7 Å². The molecule has 31 heavy (non-hydrogen) atoms. The van der Waals surface area contributed by atoms with Gasteiger partial charge in [-0.3, -0.25) is 10.1 Å². The minimum Gasteiger partial charge on any atom is -0.298 e. The Morgan fingerprint density at radius 3 is 2.32 bits per heavy atom. The average Bonchev–Trinajstić information content (AvgIpc) is 3.17. The molecular weight excluding hydrogens is 441 g/mol. The topological polar surface area (TPSA) is 127 Å². The van der Waals surface area contributed by atoms with Gasteiger partial charge in [-0.05, 0) is 36.4 Å². The zero-order valence-electron chi connectivity index (χ0n) is 16.1. The molecule has 0 atom stereocenters. The monoisotopic (exact) mass is 457 g/mol. The summed E-state index contributed by atoms with van der Waals surface area (Å²) in [5, 5.41) is 20.3. The molecule has 8 nitrogen and oxygen atoms in total. The first kappa shape index (κ1) is 22.3. The number of nitriles is 2. The van der Waals surface area contributed by atoms with Crippen LogP contribution in [0.1, 0.15) is 23.2 Å². The second kappa shape index (κ2) is 9.62. The molecule has 0 bridgehead atoms. The van der Waals surface area contributed by atoms with Crippen molar-refractivity contribution in [3.63, 3.8) is 0 Å². The lowest BCUT2D eigenvalue weighted by Crippen LogP contribution is -2.32. The molecule has 1 aromatic heterocycles. The number of carbonyl (C=O) groups is 1. The highest BCUT2D eigenvalue weighted by Gasteiger charge is 2.24. The van der Waals surface area contributed by atoms with Crippen LogP contribution in [0, 0.1) is 28.5 Å². The Morgan fingerprint density at radius 1 is 1.10 bits per heavy atom. The summed E-state index contributed by atoms with van der Waals surface area (Å²) in [5.74, 6) is -1.00. The predicted molar refractivity (Wildman–Crippen MR) is 113 cm³/mol. The second-order valence-corrected chi connectivity index (χ2v) is 9.27. The van der Waals surface area contributed by atoms with Crippen molar-refractivity contribution < 1.29 is 17.6 Å². The van der Waals surface area contributed by atoms with Gasteiger partial charge in [-0.25, -0.2) is 17.8 Å². The van der Waals surface area contributed by atoms with Gasteiger partial charge in [-0.15, -0.1) is 0 Å². The zero-order valence-corrected chi connectivity index (χ0v) is 17.7. The van der Waals surface area contributed by atoms with Crippen LogP contribution in [0.25, 0.3) is 10.2 Å². The van der Waals surface area contributed by atoms with Crippen LogP contribution in [-0.2, 0) is 10.0 Å². The Kier molecular flexibility index (Phi) is 6.92. The molecule has 3 aromatic rings. The molecule has 0 aliphatic heterocycles. The van der Waals surface area contributed by atoms with E-state index in [-0.39, 0.29) is 47.0 Å². The number of aromatic nitrogens is 1. The molecular formula is C20H16FN5O3S2. The van der Waals surface area contributed by atoms with Crippen molar-refractivity contribution in [3.8, 4) is 12.1 Å². The quantitative estimate of drug-likeness (QED) is 0.551. The third kappa shape index (κ3) is 5.03. The molecule has 0 radical (unpaired) electrons. The van der Waals surface area contributed by atoms with Gasteiger partial charge in [0.05, 0.1) is 21.7 Å². The number of halogens is 1. The summed E-state index contributed by atoms with van der Waals surface area (Å²) >= 11 is 1.12. The molecule has 0 saturated carbocycles. The van der Waals surface area contributed by atoms with Gasteiger partial charge in [0.15, 0.2) is 5.13 Å². The molecule has 0 saturated heterocycles. The third-order valence-corrected chi connectivity index (χ3v) is 7.14. The van der Waals surface area contributed by atoms with Crippen molar-refractivity contribution in [1.29, 1.82) is 10.5 Å². The van der Waals surface area contributed by atoms with E-state index in [0.717, 1.165) is 15.6 Å². The van der Waals surface area contributed by atoms with Crippen LogP contribution in [0.5, 0.6) is 0 Å². The Hall–Kier alpha value is -3.38. The van der Waals surface area contributed by atoms with Gasteiger partial charge in [-0.1, -0.05) is 17.4 Å². The van der Waals surface area contributed by atoms with E-state index in [1.807, 2.05) is 12.1 Å². The van der Waals surface area contributed by atoms with Crippen LogP contribution in [0.2, 0.25) is 0 Å². The van der Waals surface area contributed by atoms with Crippen molar-refractivity contribution in [1.82, 2.24) is 9.29 Å². The standard InChI is InChI=1S/C20H16FN5O3S2/c21-16-4-1-5-17-18(16)24-20(30-17)25-19(27)14-6-8-15(9-7-14)31(28,29)26(12-2-10-22)13-3-11-23/h1,4-9H,2-3,12-13H2,(H,24,25,27). The molecule has 158 valence electrons. The summed E-state index contributed by atoms with van der Waals surface area (Å²) in [5.41, 5.74) is 0.360. The van der Waals surface area contributed by atoms with E-state index < -0.39 is 21.7 Å². The van der Waals surface area contributed by atoms with Gasteiger partial charge in [-0.2, -0.15) is 14.8 Å². The minimum absolute atomic E-state index is 0.00604. The van der Waals surface area contributed by atoms with Crippen LogP contribution < -0.4 is 5.32 Å². The van der Waals surface area contributed by atoms with Gasteiger partial charge < -0.3 is 0 Å². The number of hydrogen-bond acceptors (Lipinski definition) is 7. The van der Waals surface area contributed by atoms with Gasteiger partial charge in [0.1, 0.15) is 11.3 Å². The summed E-state index contributed by atoms with van der Waals surface area (Å²) in [6.45, 7) is -0.0617. The average molecular weight is 458 g/mol. The van der Waals surface area contributed by atoms with E-state index in [2.05, 4.69) is 10.3 Å². The lowest BCUT2D eigenvalue weighted by Gasteiger charge is -2.20. The molecule has 3 rings (SSSR count). The van der Waals surface area contributed by atoms with Crippen molar-refractivity contribution in [2.24, 2.45) is 0 Å². The normalized spacial score (nSPS) is 11.2. The first-order chi connectivity index (χ1) is 14.9. The molecule has 0 fully saturated rings. The van der Waals surface area contributed by atoms with Crippen LogP contribution in [0.4, 0.5) is 9.52 Å². The van der Waals surface area contributed by atoms with Gasteiger partial charge in [0.2, 0.25) is 10.0 Å². The number of para-hydroxylation sites is 1. The van der Waals surface area contributed by atoms with E-state index in [1.165, 1.54) is 30.3 Å². The van der Waals surface area contributed by atoms with E-state index in [9.17, 15) is 17.6 Å². The van der Waals surface area contributed by atoms with Gasteiger partial charge in [0.25, 0.3) is 5.91 Å². The summed E-state index contributed by atoms with van der Waals surface area (Å²) in [4.78, 5) is 16.5. The first-order valence-electron chi connectivity index (χ1n) is 9.07. The fourth-order valence-electron chi connectivity index (χ4n) is 2.77. The summed E-state index contributed by atoms with van der Waals surface area (Å²) in [6.07, 6.45) is -0.0121.